The second-order valence-corrected chi connectivity index (χ2v) is 6.59. The van der Waals surface area contributed by atoms with Crippen LogP contribution in [0, 0.1) is 0 Å². The topological polar surface area (TPSA) is 129 Å². The number of rotatable bonds is 5. The molecule has 30 heavy (non-hydrogen) atoms. The number of hydrogen-bond donors (Lipinski definition) is 5. The number of alkyl halides is 3. The molecule has 2 heterocycles. The molecule has 2 aromatic rings. The summed E-state index contributed by atoms with van der Waals surface area (Å²) in [6.45, 7) is -0.226. The molecule has 4 atom stereocenters. The minimum atomic E-state index is -4.66. The average molecular weight is 427 g/mol. The molecule has 2 amide bonds. The molecule has 3 rings (SSSR count). The Bertz CT molecular complexity index is 855. The molecular weight excluding hydrogens is 407 g/mol. The van der Waals surface area contributed by atoms with E-state index in [1.807, 2.05) is 0 Å². The minimum absolute atomic E-state index is 0.0903. The molecule has 12 heteroatoms. The van der Waals surface area contributed by atoms with E-state index in [0.29, 0.717) is 11.9 Å². The van der Waals surface area contributed by atoms with Crippen molar-refractivity contribution in [1.82, 2.24) is 15.3 Å². The third-order valence-corrected chi connectivity index (χ3v) is 4.39. The first-order valence-electron chi connectivity index (χ1n) is 8.97. The smallest absolute Gasteiger partial charge is 0.388 e. The molecule has 1 saturated heterocycles. The number of carbonyl (C=O) groups excluding carboxylic acids is 1. The van der Waals surface area contributed by atoms with Crippen molar-refractivity contribution in [2.75, 3.05) is 23.8 Å². The molecule has 1 aromatic heterocycles. The largest absolute Gasteiger partial charge is 0.434 e. The van der Waals surface area contributed by atoms with Crippen molar-refractivity contribution in [1.29, 1.82) is 0 Å². The Morgan fingerprint density at radius 2 is 1.90 bits per heavy atom. The number of aromatic nitrogens is 2. The molecule has 0 unspecified atom stereocenters. The van der Waals surface area contributed by atoms with Gasteiger partial charge in [0, 0.05) is 12.2 Å². The van der Waals surface area contributed by atoms with Crippen molar-refractivity contribution in [2.45, 2.75) is 30.5 Å². The molecule has 162 valence electrons. The van der Waals surface area contributed by atoms with Gasteiger partial charge in [0.15, 0.2) is 5.69 Å². The number of urea groups is 1. The number of halogens is 3. The number of nitrogens with zero attached hydrogens (tertiary/aromatic N) is 2. The first-order chi connectivity index (χ1) is 14.2. The summed E-state index contributed by atoms with van der Waals surface area (Å²) in [5.41, 5.74) is -0.614. The Hall–Kier alpha value is -2.96. The van der Waals surface area contributed by atoms with Crippen LogP contribution < -0.4 is 16.0 Å². The standard InChI is InChI=1S/C18H20F3N5O4/c19-18(20,21)13-7-22-8-14(26-13)25-11-9-30-12(16(28)15(11)27)6-23-17(29)24-10-4-2-1-3-5-10/h1-5,7-8,11-12,15-16,27-28H,6,9H2,(H,25,26)(H2,23,24,29)/t11-,12+,15+,16-/m0/s1. The highest BCUT2D eigenvalue weighted by Gasteiger charge is 2.39. The lowest BCUT2D eigenvalue weighted by atomic mass is 9.98. The molecule has 0 aliphatic carbocycles. The average Bonchev–Trinajstić information content (AvgIpc) is 2.71. The van der Waals surface area contributed by atoms with Crippen LogP contribution in [0.1, 0.15) is 5.69 Å². The van der Waals surface area contributed by atoms with Crippen LogP contribution >= 0.6 is 0 Å². The number of anilines is 2. The number of ether oxygens (including phenoxy) is 1. The lowest BCUT2D eigenvalue weighted by molar-refractivity contribution is -0.141. The Labute approximate surface area is 169 Å². The van der Waals surface area contributed by atoms with Gasteiger partial charge >= 0.3 is 12.2 Å². The van der Waals surface area contributed by atoms with E-state index in [9.17, 15) is 28.2 Å². The lowest BCUT2D eigenvalue weighted by Gasteiger charge is -2.38. The van der Waals surface area contributed by atoms with E-state index in [2.05, 4.69) is 25.9 Å². The van der Waals surface area contributed by atoms with Crippen LogP contribution in [0.4, 0.5) is 29.5 Å². The first-order valence-corrected chi connectivity index (χ1v) is 8.97. The molecule has 0 spiro atoms. The minimum Gasteiger partial charge on any atom is -0.388 e. The van der Waals surface area contributed by atoms with Crippen molar-refractivity contribution < 1.29 is 32.9 Å². The number of aliphatic hydroxyl groups excluding tert-OH is 2. The number of nitrogens with one attached hydrogen (secondary N) is 3. The van der Waals surface area contributed by atoms with Gasteiger partial charge < -0.3 is 30.9 Å². The second-order valence-electron chi connectivity index (χ2n) is 6.59. The van der Waals surface area contributed by atoms with Gasteiger partial charge in [-0.2, -0.15) is 13.2 Å². The second kappa shape index (κ2) is 9.24. The van der Waals surface area contributed by atoms with Gasteiger partial charge in [0.25, 0.3) is 0 Å². The van der Waals surface area contributed by atoms with Crippen molar-refractivity contribution in [2.24, 2.45) is 0 Å². The van der Waals surface area contributed by atoms with Crippen LogP contribution in [-0.2, 0) is 10.9 Å². The Morgan fingerprint density at radius 1 is 1.17 bits per heavy atom. The van der Waals surface area contributed by atoms with Crippen LogP contribution in [0.25, 0.3) is 0 Å². The van der Waals surface area contributed by atoms with Crippen molar-refractivity contribution in [3.8, 4) is 0 Å². The number of para-hydroxylation sites is 1. The molecule has 1 aliphatic rings. The fourth-order valence-electron chi connectivity index (χ4n) is 2.84. The fourth-order valence-corrected chi connectivity index (χ4v) is 2.84. The van der Waals surface area contributed by atoms with Gasteiger partial charge in [-0.1, -0.05) is 18.2 Å². The quantitative estimate of drug-likeness (QED) is 0.485. The van der Waals surface area contributed by atoms with Crippen LogP contribution in [0.2, 0.25) is 0 Å². The summed E-state index contributed by atoms with van der Waals surface area (Å²) in [7, 11) is 0. The van der Waals surface area contributed by atoms with E-state index in [1.165, 1.54) is 0 Å². The Morgan fingerprint density at radius 3 is 2.60 bits per heavy atom. The number of carbonyl (C=O) groups is 1. The van der Waals surface area contributed by atoms with Gasteiger partial charge in [0.1, 0.15) is 24.1 Å². The van der Waals surface area contributed by atoms with E-state index in [-0.39, 0.29) is 19.0 Å². The number of amides is 2. The predicted octanol–water partition coefficient (Wildman–Crippen LogP) is 1.22. The van der Waals surface area contributed by atoms with E-state index in [1.54, 1.807) is 30.3 Å². The van der Waals surface area contributed by atoms with Crippen molar-refractivity contribution >= 4 is 17.5 Å². The monoisotopic (exact) mass is 427 g/mol. The van der Waals surface area contributed by atoms with Gasteiger partial charge in [0.05, 0.1) is 25.0 Å². The van der Waals surface area contributed by atoms with Crippen LogP contribution in [0.3, 0.4) is 0 Å². The summed E-state index contributed by atoms with van der Waals surface area (Å²) in [5.74, 6) is -0.219. The predicted molar refractivity (Wildman–Crippen MR) is 99.7 cm³/mol. The molecule has 0 bridgehead atoms. The third-order valence-electron chi connectivity index (χ3n) is 4.39. The number of benzene rings is 1. The highest BCUT2D eigenvalue weighted by molar-refractivity contribution is 5.89. The van der Waals surface area contributed by atoms with Gasteiger partial charge in [-0.15, -0.1) is 0 Å². The summed E-state index contributed by atoms with van der Waals surface area (Å²) in [5, 5.41) is 28.3. The third kappa shape index (κ3) is 5.55. The Kier molecular flexibility index (Phi) is 6.70. The maximum Gasteiger partial charge on any atom is 0.434 e. The van der Waals surface area contributed by atoms with Crippen LogP contribution in [-0.4, -0.2) is 63.7 Å². The molecule has 1 aliphatic heterocycles. The lowest BCUT2D eigenvalue weighted by Crippen LogP contribution is -2.58. The van der Waals surface area contributed by atoms with E-state index < -0.39 is 42.3 Å². The van der Waals surface area contributed by atoms with Gasteiger partial charge in [0.2, 0.25) is 0 Å². The van der Waals surface area contributed by atoms with Crippen molar-refractivity contribution in [3.05, 3.63) is 48.4 Å². The zero-order valence-corrected chi connectivity index (χ0v) is 15.5. The zero-order valence-electron chi connectivity index (χ0n) is 15.5. The van der Waals surface area contributed by atoms with E-state index >= 15 is 0 Å². The fraction of sp³-hybridized carbons (Fsp3) is 0.389. The van der Waals surface area contributed by atoms with Gasteiger partial charge in [-0.25, -0.2) is 9.78 Å². The number of hydrogen-bond acceptors (Lipinski definition) is 7. The maximum atomic E-state index is 12.7. The normalized spacial score (nSPS) is 24.2. The summed E-state index contributed by atoms with van der Waals surface area (Å²) in [4.78, 5) is 18.8. The molecule has 1 aromatic carbocycles. The van der Waals surface area contributed by atoms with E-state index in [4.69, 9.17) is 4.74 Å². The molecule has 5 N–H and O–H groups in total. The SMILES string of the molecule is O=C(NC[C@H]1OC[C@H](Nc2cncc(C(F)(F)F)n2)[C@@H](O)[C@H]1O)Nc1ccccc1. The van der Waals surface area contributed by atoms with Crippen molar-refractivity contribution in [3.63, 3.8) is 0 Å². The summed E-state index contributed by atoms with van der Waals surface area (Å²) in [6, 6.07) is 7.25. The highest BCUT2D eigenvalue weighted by Crippen LogP contribution is 2.28. The number of aliphatic hydroxyl groups is 2. The first kappa shape index (κ1) is 21.7. The summed E-state index contributed by atoms with van der Waals surface area (Å²) in [6.07, 6.45) is -6.70. The summed E-state index contributed by atoms with van der Waals surface area (Å²) >= 11 is 0. The van der Waals surface area contributed by atoms with E-state index in [0.717, 1.165) is 6.20 Å². The maximum absolute atomic E-state index is 12.7. The molecular formula is C18H20F3N5O4. The molecule has 0 radical (unpaired) electrons. The van der Waals surface area contributed by atoms with Crippen LogP contribution in [0.5, 0.6) is 0 Å². The summed E-state index contributed by atoms with van der Waals surface area (Å²) < 4.78 is 43.7. The molecule has 1 fully saturated rings. The Balaban J connectivity index is 1.52. The van der Waals surface area contributed by atoms with Crippen LogP contribution in [0.15, 0.2) is 42.7 Å². The highest BCUT2D eigenvalue weighted by atomic mass is 19.4. The molecule has 0 saturated carbocycles. The van der Waals surface area contributed by atoms with Gasteiger partial charge in [-0.05, 0) is 12.1 Å². The molecule has 9 nitrogen and oxygen atoms in total. The van der Waals surface area contributed by atoms with Gasteiger partial charge in [-0.3, -0.25) is 4.98 Å². The zero-order chi connectivity index (χ0) is 21.7.